The van der Waals surface area contributed by atoms with Crippen LogP contribution in [-0.4, -0.2) is 34.1 Å². The zero-order chi connectivity index (χ0) is 21.1. The molecule has 1 aliphatic heterocycles. The highest BCUT2D eigenvalue weighted by Crippen LogP contribution is 2.32. The highest BCUT2D eigenvalue weighted by Gasteiger charge is 2.16. The van der Waals surface area contributed by atoms with Gasteiger partial charge in [-0.15, -0.1) is 0 Å². The lowest BCUT2D eigenvalue weighted by molar-refractivity contribution is 0.0953. The zero-order valence-electron chi connectivity index (χ0n) is 16.4. The molecule has 152 valence electrons. The zero-order valence-corrected chi connectivity index (χ0v) is 16.4. The van der Waals surface area contributed by atoms with Crippen LogP contribution >= 0.6 is 0 Å². The van der Waals surface area contributed by atoms with E-state index in [1.165, 1.54) is 4.68 Å². The number of rotatable bonds is 5. The fourth-order valence-corrected chi connectivity index (χ4v) is 2.89. The first-order valence-corrected chi connectivity index (χ1v) is 9.15. The molecule has 0 unspecified atom stereocenters. The average molecular weight is 405 g/mol. The van der Waals surface area contributed by atoms with Crippen LogP contribution in [0.15, 0.2) is 59.8 Å². The maximum atomic E-state index is 12.3. The minimum absolute atomic E-state index is 0.149. The normalized spacial score (nSPS) is 12.5. The predicted octanol–water partition coefficient (Wildman–Crippen LogP) is 2.56. The van der Waals surface area contributed by atoms with Crippen LogP contribution in [0.5, 0.6) is 11.5 Å². The number of benzene rings is 2. The number of aromatic nitrogens is 2. The van der Waals surface area contributed by atoms with E-state index in [1.807, 2.05) is 12.1 Å². The topological polar surface area (TPSA) is 107 Å². The van der Waals surface area contributed by atoms with E-state index in [-0.39, 0.29) is 18.6 Å². The first kappa shape index (κ1) is 19.2. The van der Waals surface area contributed by atoms with Crippen LogP contribution in [0, 0.1) is 0 Å². The second-order valence-corrected chi connectivity index (χ2v) is 6.58. The molecule has 4 rings (SSSR count). The van der Waals surface area contributed by atoms with Gasteiger partial charge in [-0.05, 0) is 48.9 Å². The standard InChI is InChI=1S/C21H19N5O4/c1-13(24-25-20(27)15-5-8-18-19(11-15)30-12-29-18)14-3-6-16(7-4-14)23-21(28)17-9-10-22-26(17)2/h3-11H,12H2,1-2H3,(H,23,28)(H,25,27)/b24-13-. The molecular weight excluding hydrogens is 386 g/mol. The smallest absolute Gasteiger partial charge is 0.273 e. The van der Waals surface area contributed by atoms with Gasteiger partial charge in [0.1, 0.15) is 5.69 Å². The third kappa shape index (κ3) is 4.00. The van der Waals surface area contributed by atoms with E-state index in [1.54, 1.807) is 56.6 Å². The predicted molar refractivity (Wildman–Crippen MR) is 110 cm³/mol. The van der Waals surface area contributed by atoms with Crippen molar-refractivity contribution in [1.82, 2.24) is 15.2 Å². The maximum absolute atomic E-state index is 12.3. The third-order valence-corrected chi connectivity index (χ3v) is 4.57. The number of hydrogen-bond donors (Lipinski definition) is 2. The first-order valence-electron chi connectivity index (χ1n) is 9.15. The number of nitrogens with zero attached hydrogens (tertiary/aromatic N) is 3. The minimum atomic E-state index is -0.354. The lowest BCUT2D eigenvalue weighted by Gasteiger charge is -2.07. The molecule has 0 spiro atoms. The lowest BCUT2D eigenvalue weighted by atomic mass is 10.1. The lowest BCUT2D eigenvalue weighted by Crippen LogP contribution is -2.19. The molecule has 0 bridgehead atoms. The summed E-state index contributed by atoms with van der Waals surface area (Å²) in [5, 5.41) is 10.9. The molecule has 1 aromatic heterocycles. The second-order valence-electron chi connectivity index (χ2n) is 6.58. The molecule has 0 saturated heterocycles. The summed E-state index contributed by atoms with van der Waals surface area (Å²) in [5.74, 6) is 0.547. The van der Waals surface area contributed by atoms with Crippen molar-refractivity contribution in [2.24, 2.45) is 12.1 Å². The monoisotopic (exact) mass is 405 g/mol. The van der Waals surface area contributed by atoms with Gasteiger partial charge in [0.25, 0.3) is 11.8 Å². The Labute approximate surface area is 172 Å². The Balaban J connectivity index is 1.39. The fraction of sp³-hybridized carbons (Fsp3) is 0.143. The van der Waals surface area contributed by atoms with E-state index in [9.17, 15) is 9.59 Å². The van der Waals surface area contributed by atoms with E-state index in [0.29, 0.717) is 34.2 Å². The molecular formula is C21H19N5O4. The summed E-state index contributed by atoms with van der Waals surface area (Å²) in [6.45, 7) is 1.93. The molecule has 0 fully saturated rings. The van der Waals surface area contributed by atoms with Gasteiger partial charge in [0, 0.05) is 24.5 Å². The molecule has 9 nitrogen and oxygen atoms in total. The summed E-state index contributed by atoms with van der Waals surface area (Å²) < 4.78 is 12.0. The second kappa shape index (κ2) is 8.08. The van der Waals surface area contributed by atoms with Crippen molar-refractivity contribution in [3.8, 4) is 11.5 Å². The van der Waals surface area contributed by atoms with Gasteiger partial charge in [-0.1, -0.05) is 12.1 Å². The number of carbonyl (C=O) groups is 2. The largest absolute Gasteiger partial charge is 0.454 e. The molecule has 30 heavy (non-hydrogen) atoms. The van der Waals surface area contributed by atoms with Gasteiger partial charge >= 0.3 is 0 Å². The van der Waals surface area contributed by atoms with Gasteiger partial charge in [-0.25, -0.2) is 5.43 Å². The molecule has 0 saturated carbocycles. The Bertz CT molecular complexity index is 1130. The molecule has 9 heteroatoms. The van der Waals surface area contributed by atoms with Crippen molar-refractivity contribution in [2.75, 3.05) is 12.1 Å². The van der Waals surface area contributed by atoms with Crippen LogP contribution in [0.3, 0.4) is 0 Å². The molecule has 2 aromatic carbocycles. The third-order valence-electron chi connectivity index (χ3n) is 4.57. The summed E-state index contributed by atoms with van der Waals surface area (Å²) in [6, 6.07) is 13.7. The van der Waals surface area contributed by atoms with Crippen LogP contribution in [0.25, 0.3) is 0 Å². The Morgan fingerprint density at radius 1 is 1.00 bits per heavy atom. The van der Waals surface area contributed by atoms with Crippen molar-refractivity contribution in [1.29, 1.82) is 0 Å². The molecule has 0 radical (unpaired) electrons. The van der Waals surface area contributed by atoms with Gasteiger partial charge in [0.05, 0.1) is 5.71 Å². The Morgan fingerprint density at radius 3 is 2.47 bits per heavy atom. The Hall–Kier alpha value is -4.14. The summed E-state index contributed by atoms with van der Waals surface area (Å²) in [5.41, 5.74) is 5.48. The quantitative estimate of drug-likeness (QED) is 0.501. The summed E-state index contributed by atoms with van der Waals surface area (Å²) in [6.07, 6.45) is 1.57. The van der Waals surface area contributed by atoms with Gasteiger partial charge in [-0.2, -0.15) is 10.2 Å². The van der Waals surface area contributed by atoms with Gasteiger partial charge in [0.15, 0.2) is 11.5 Å². The molecule has 0 atom stereocenters. The number of hydrogen-bond acceptors (Lipinski definition) is 6. The molecule has 1 aliphatic rings. The summed E-state index contributed by atoms with van der Waals surface area (Å²) in [7, 11) is 1.70. The highest BCUT2D eigenvalue weighted by molar-refractivity contribution is 6.04. The number of amides is 2. The summed E-state index contributed by atoms with van der Waals surface area (Å²) in [4.78, 5) is 24.6. The number of nitrogens with one attached hydrogen (secondary N) is 2. The fourth-order valence-electron chi connectivity index (χ4n) is 2.89. The van der Waals surface area contributed by atoms with E-state index < -0.39 is 0 Å². The Morgan fingerprint density at radius 2 is 1.73 bits per heavy atom. The minimum Gasteiger partial charge on any atom is -0.454 e. The van der Waals surface area contributed by atoms with Crippen molar-refractivity contribution in [3.05, 3.63) is 71.5 Å². The SMILES string of the molecule is C/C(=N/NC(=O)c1ccc2c(c1)OCO2)c1ccc(NC(=O)c2ccnn2C)cc1. The summed E-state index contributed by atoms with van der Waals surface area (Å²) >= 11 is 0. The maximum Gasteiger partial charge on any atom is 0.273 e. The van der Waals surface area contributed by atoms with Crippen molar-refractivity contribution >= 4 is 23.2 Å². The highest BCUT2D eigenvalue weighted by atomic mass is 16.7. The first-order chi connectivity index (χ1) is 14.5. The van der Waals surface area contributed by atoms with Crippen LogP contribution in [0.4, 0.5) is 5.69 Å². The van der Waals surface area contributed by atoms with E-state index in [2.05, 4.69) is 20.9 Å². The van der Waals surface area contributed by atoms with Gasteiger partial charge in [-0.3, -0.25) is 14.3 Å². The molecule has 3 aromatic rings. The van der Waals surface area contributed by atoms with Crippen LogP contribution in [0.2, 0.25) is 0 Å². The van der Waals surface area contributed by atoms with Gasteiger partial charge in [0.2, 0.25) is 6.79 Å². The van der Waals surface area contributed by atoms with Crippen molar-refractivity contribution in [3.63, 3.8) is 0 Å². The van der Waals surface area contributed by atoms with Crippen LogP contribution in [-0.2, 0) is 7.05 Å². The number of anilines is 1. The van der Waals surface area contributed by atoms with Crippen molar-refractivity contribution < 1.29 is 19.1 Å². The number of ether oxygens (including phenoxy) is 2. The molecule has 2 heterocycles. The number of aryl methyl sites for hydroxylation is 1. The molecule has 2 amide bonds. The number of fused-ring (bicyclic) bond motifs is 1. The van der Waals surface area contributed by atoms with E-state index >= 15 is 0 Å². The average Bonchev–Trinajstić information content (AvgIpc) is 3.40. The van der Waals surface area contributed by atoms with E-state index in [4.69, 9.17) is 9.47 Å². The number of carbonyl (C=O) groups excluding carboxylic acids is 2. The van der Waals surface area contributed by atoms with Gasteiger partial charge < -0.3 is 14.8 Å². The molecule has 2 N–H and O–H groups in total. The number of hydrazone groups is 1. The van der Waals surface area contributed by atoms with Crippen LogP contribution in [0.1, 0.15) is 33.3 Å². The van der Waals surface area contributed by atoms with Crippen molar-refractivity contribution in [2.45, 2.75) is 6.92 Å². The van der Waals surface area contributed by atoms with Crippen LogP contribution < -0.4 is 20.2 Å². The molecule has 0 aliphatic carbocycles. The Kier molecular flexibility index (Phi) is 5.17. The van der Waals surface area contributed by atoms with E-state index in [0.717, 1.165) is 5.56 Å².